The molecule has 0 N–H and O–H groups in total. The molecule has 0 aliphatic rings. The minimum Gasteiger partial charge on any atom is -0.350 e. The third-order valence-corrected chi connectivity index (χ3v) is 3.60. The van der Waals surface area contributed by atoms with Crippen LogP contribution in [-0.4, -0.2) is 19.2 Å². The summed E-state index contributed by atoms with van der Waals surface area (Å²) in [6, 6.07) is 2.30. The SMILES string of the molecule is COC(OC)c1csc(-c2cc(F)ccc2C(F)(F)F)n1. The largest absolute Gasteiger partial charge is 0.417 e. The van der Waals surface area contributed by atoms with Crippen molar-refractivity contribution in [3.05, 3.63) is 40.7 Å². The van der Waals surface area contributed by atoms with Gasteiger partial charge in [0.1, 0.15) is 16.5 Å². The minimum absolute atomic E-state index is 0.0518. The first-order valence-corrected chi connectivity index (χ1v) is 6.63. The number of halogens is 4. The fourth-order valence-electron chi connectivity index (χ4n) is 1.80. The van der Waals surface area contributed by atoms with Crippen LogP contribution in [0.15, 0.2) is 23.6 Å². The van der Waals surface area contributed by atoms with E-state index in [9.17, 15) is 17.6 Å². The molecular formula is C13H11F4NO2S. The average Bonchev–Trinajstić information content (AvgIpc) is 2.88. The number of benzene rings is 1. The summed E-state index contributed by atoms with van der Waals surface area (Å²) in [6.07, 6.45) is -5.37. The average molecular weight is 321 g/mol. The molecule has 21 heavy (non-hydrogen) atoms. The van der Waals surface area contributed by atoms with Crippen LogP contribution in [0.5, 0.6) is 0 Å². The molecule has 3 nitrogen and oxygen atoms in total. The molecule has 0 saturated heterocycles. The number of alkyl halides is 3. The first kappa shape index (κ1) is 15.9. The van der Waals surface area contributed by atoms with Crippen molar-refractivity contribution in [2.75, 3.05) is 14.2 Å². The van der Waals surface area contributed by atoms with Crippen LogP contribution < -0.4 is 0 Å². The second kappa shape index (κ2) is 6.08. The zero-order valence-electron chi connectivity index (χ0n) is 11.1. The maximum atomic E-state index is 13.3. The molecule has 0 unspecified atom stereocenters. The molecule has 0 radical (unpaired) electrons. The van der Waals surface area contributed by atoms with Crippen LogP contribution >= 0.6 is 11.3 Å². The number of aromatic nitrogens is 1. The third-order valence-electron chi connectivity index (χ3n) is 2.71. The van der Waals surface area contributed by atoms with E-state index < -0.39 is 23.8 Å². The van der Waals surface area contributed by atoms with Gasteiger partial charge in [-0.15, -0.1) is 11.3 Å². The van der Waals surface area contributed by atoms with E-state index in [0.29, 0.717) is 11.8 Å². The molecule has 8 heteroatoms. The van der Waals surface area contributed by atoms with Crippen molar-refractivity contribution >= 4 is 11.3 Å². The Morgan fingerprint density at radius 2 is 1.86 bits per heavy atom. The van der Waals surface area contributed by atoms with Gasteiger partial charge in [0.25, 0.3) is 0 Å². The van der Waals surface area contributed by atoms with Gasteiger partial charge in [-0.3, -0.25) is 0 Å². The highest BCUT2D eigenvalue weighted by atomic mass is 32.1. The fourth-order valence-corrected chi connectivity index (χ4v) is 2.65. The fraction of sp³-hybridized carbons (Fsp3) is 0.308. The zero-order valence-corrected chi connectivity index (χ0v) is 11.9. The maximum absolute atomic E-state index is 13.3. The normalized spacial score (nSPS) is 12.1. The first-order valence-electron chi connectivity index (χ1n) is 5.75. The van der Waals surface area contributed by atoms with E-state index in [2.05, 4.69) is 4.98 Å². The molecular weight excluding hydrogens is 310 g/mol. The maximum Gasteiger partial charge on any atom is 0.417 e. The predicted octanol–water partition coefficient (Wildman–Crippen LogP) is 4.26. The third kappa shape index (κ3) is 3.39. The van der Waals surface area contributed by atoms with Crippen LogP contribution in [-0.2, 0) is 15.7 Å². The lowest BCUT2D eigenvalue weighted by molar-refractivity contribution is -0.137. The molecule has 0 aliphatic carbocycles. The molecule has 0 atom stereocenters. The number of hydrogen-bond acceptors (Lipinski definition) is 4. The van der Waals surface area contributed by atoms with Gasteiger partial charge in [0.05, 0.1) is 5.56 Å². The second-order valence-electron chi connectivity index (χ2n) is 4.07. The summed E-state index contributed by atoms with van der Waals surface area (Å²) < 4.78 is 62.1. The van der Waals surface area contributed by atoms with Crippen LogP contribution in [0.25, 0.3) is 10.6 Å². The highest BCUT2D eigenvalue weighted by molar-refractivity contribution is 7.13. The number of ether oxygens (including phenoxy) is 2. The van der Waals surface area contributed by atoms with Gasteiger partial charge < -0.3 is 9.47 Å². The van der Waals surface area contributed by atoms with Crippen molar-refractivity contribution in [3.63, 3.8) is 0 Å². The van der Waals surface area contributed by atoms with Crippen molar-refractivity contribution in [2.24, 2.45) is 0 Å². The molecule has 2 aromatic rings. The van der Waals surface area contributed by atoms with Crippen LogP contribution in [0, 0.1) is 5.82 Å². The van der Waals surface area contributed by atoms with E-state index >= 15 is 0 Å². The molecule has 0 amide bonds. The monoisotopic (exact) mass is 321 g/mol. The Morgan fingerprint density at radius 3 is 2.43 bits per heavy atom. The molecule has 2 rings (SSSR count). The Kier molecular flexibility index (Phi) is 4.60. The predicted molar refractivity (Wildman–Crippen MR) is 69.3 cm³/mol. The van der Waals surface area contributed by atoms with Crippen molar-refractivity contribution in [1.29, 1.82) is 0 Å². The summed E-state index contributed by atoms with van der Waals surface area (Å²) in [5.41, 5.74) is -0.904. The molecule has 0 fully saturated rings. The summed E-state index contributed by atoms with van der Waals surface area (Å²) in [5.74, 6) is -0.759. The van der Waals surface area contributed by atoms with E-state index in [1.807, 2.05) is 0 Å². The topological polar surface area (TPSA) is 31.4 Å². The van der Waals surface area contributed by atoms with Crippen LogP contribution in [0.2, 0.25) is 0 Å². The highest BCUT2D eigenvalue weighted by Gasteiger charge is 2.34. The van der Waals surface area contributed by atoms with Gasteiger partial charge >= 0.3 is 6.18 Å². The van der Waals surface area contributed by atoms with E-state index in [1.165, 1.54) is 19.6 Å². The van der Waals surface area contributed by atoms with Crippen LogP contribution in [0.4, 0.5) is 17.6 Å². The lowest BCUT2D eigenvalue weighted by atomic mass is 10.1. The lowest BCUT2D eigenvalue weighted by Gasteiger charge is -2.12. The summed E-state index contributed by atoms with van der Waals surface area (Å²) in [6.45, 7) is 0. The van der Waals surface area contributed by atoms with Gasteiger partial charge in [-0.25, -0.2) is 9.37 Å². The molecule has 0 spiro atoms. The summed E-state index contributed by atoms with van der Waals surface area (Å²) in [4.78, 5) is 4.04. The second-order valence-corrected chi connectivity index (χ2v) is 4.93. The van der Waals surface area contributed by atoms with Crippen LogP contribution in [0.1, 0.15) is 17.5 Å². The number of nitrogens with zero attached hydrogens (tertiary/aromatic N) is 1. The molecule has 1 heterocycles. The van der Waals surface area contributed by atoms with E-state index in [0.717, 1.165) is 23.5 Å². The Morgan fingerprint density at radius 1 is 1.19 bits per heavy atom. The molecule has 0 aliphatic heterocycles. The molecule has 0 bridgehead atoms. The molecule has 114 valence electrons. The highest BCUT2D eigenvalue weighted by Crippen LogP contribution is 2.39. The molecule has 1 aromatic heterocycles. The Bertz CT molecular complexity index is 623. The number of methoxy groups -OCH3 is 2. The van der Waals surface area contributed by atoms with E-state index in [4.69, 9.17) is 9.47 Å². The van der Waals surface area contributed by atoms with Gasteiger partial charge in [0.2, 0.25) is 6.29 Å². The van der Waals surface area contributed by atoms with Gasteiger partial charge in [-0.05, 0) is 18.2 Å². The number of thiazole rings is 1. The quantitative estimate of drug-likeness (QED) is 0.623. The first-order chi connectivity index (χ1) is 9.86. The Balaban J connectivity index is 2.49. The molecule has 1 aromatic carbocycles. The van der Waals surface area contributed by atoms with Crippen molar-refractivity contribution in [1.82, 2.24) is 4.98 Å². The van der Waals surface area contributed by atoms with E-state index in [-0.39, 0.29) is 10.6 Å². The summed E-state index contributed by atoms with van der Waals surface area (Å²) >= 11 is 0.963. The standard InChI is InChI=1S/C13H11F4NO2S/c1-19-12(20-2)10-6-21-11(18-10)8-5-7(14)3-4-9(8)13(15,16)17/h3-6,12H,1-2H3. The Hall–Kier alpha value is -1.51. The van der Waals surface area contributed by atoms with E-state index in [1.54, 1.807) is 0 Å². The van der Waals surface area contributed by atoms with Crippen molar-refractivity contribution < 1.29 is 27.0 Å². The zero-order chi connectivity index (χ0) is 15.6. The van der Waals surface area contributed by atoms with Crippen molar-refractivity contribution in [2.45, 2.75) is 12.5 Å². The lowest BCUT2D eigenvalue weighted by Crippen LogP contribution is -2.08. The van der Waals surface area contributed by atoms with Gasteiger partial charge in [0, 0.05) is 25.2 Å². The van der Waals surface area contributed by atoms with Gasteiger partial charge in [0.15, 0.2) is 0 Å². The van der Waals surface area contributed by atoms with Gasteiger partial charge in [-0.2, -0.15) is 13.2 Å². The van der Waals surface area contributed by atoms with Crippen LogP contribution in [0.3, 0.4) is 0 Å². The number of hydrogen-bond donors (Lipinski definition) is 0. The Labute approximate surface area is 122 Å². The van der Waals surface area contributed by atoms with Gasteiger partial charge in [-0.1, -0.05) is 0 Å². The number of rotatable bonds is 4. The minimum atomic E-state index is -4.59. The van der Waals surface area contributed by atoms with Crippen molar-refractivity contribution in [3.8, 4) is 10.6 Å². The summed E-state index contributed by atoms with van der Waals surface area (Å²) in [7, 11) is 2.77. The smallest absolute Gasteiger partial charge is 0.350 e. The molecule has 0 saturated carbocycles. The summed E-state index contributed by atoms with van der Waals surface area (Å²) in [5, 5.41) is 1.56.